The van der Waals surface area contributed by atoms with Crippen molar-refractivity contribution < 1.29 is 9.31 Å². The van der Waals surface area contributed by atoms with Gasteiger partial charge in [0.15, 0.2) is 5.71 Å². The van der Waals surface area contributed by atoms with Gasteiger partial charge >= 0.3 is 0 Å². The summed E-state index contributed by atoms with van der Waals surface area (Å²) >= 11 is 7.02. The summed E-state index contributed by atoms with van der Waals surface area (Å²) < 4.78 is 10.4. The Hall–Kier alpha value is -2.95. The molecule has 0 saturated carbocycles. The molecule has 0 bridgehead atoms. The van der Waals surface area contributed by atoms with Gasteiger partial charge in [0.2, 0.25) is 0 Å². The molecule has 2 aromatic carbocycles. The van der Waals surface area contributed by atoms with E-state index >= 15 is 0 Å². The van der Waals surface area contributed by atoms with Gasteiger partial charge in [0, 0.05) is 26.7 Å². The van der Waals surface area contributed by atoms with Crippen LogP contribution in [0.2, 0.25) is 0 Å². The number of hydrogen-bond acceptors (Lipinski definition) is 1. The summed E-state index contributed by atoms with van der Waals surface area (Å²) in [6, 6.07) is 16.5. The van der Waals surface area contributed by atoms with Gasteiger partial charge in [-0.05, 0) is 71.4 Å². The molecule has 1 heterocycles. The van der Waals surface area contributed by atoms with Gasteiger partial charge in [-0.25, -0.2) is 4.58 Å². The Morgan fingerprint density at radius 1 is 0.697 bits per heavy atom. The quantitative estimate of drug-likeness (QED) is 0.346. The molecule has 0 saturated heterocycles. The lowest BCUT2D eigenvalue weighted by Crippen LogP contribution is -2.09. The van der Waals surface area contributed by atoms with Gasteiger partial charge in [0.1, 0.15) is 25.6 Å². The van der Waals surface area contributed by atoms with Crippen LogP contribution in [-0.2, 0) is 4.74 Å². The molecule has 2 nitrogen and oxygen atoms in total. The maximum Gasteiger partial charge on any atom is 0.199 e. The topological polar surface area (TPSA) is 12.2 Å². The standard InChI is InChI=1S/C29H24Br2NO/c1-32(2)27-17-7-21(8-18-27)5-3-4-6-28-19-24(22-9-13-25(30)14-10-22)20-29(33-28)23-11-15-26(31)16-12-23/h3-20H,1-2H3/q+1. The molecule has 0 amide bonds. The molecular formula is C29H24Br2NO+. The van der Waals surface area contributed by atoms with E-state index in [4.69, 9.17) is 4.74 Å². The van der Waals surface area contributed by atoms with Crippen molar-refractivity contribution >= 4 is 48.9 Å². The highest BCUT2D eigenvalue weighted by Gasteiger charge is 2.14. The number of nitrogens with zero attached hydrogens (tertiary/aromatic N) is 1. The lowest BCUT2D eigenvalue weighted by atomic mass is 10.0. The summed E-state index contributed by atoms with van der Waals surface area (Å²) in [5.74, 6) is 1.62. The van der Waals surface area contributed by atoms with E-state index in [2.05, 4.69) is 115 Å². The first-order valence-electron chi connectivity index (χ1n) is 10.6. The Balaban J connectivity index is 1.60. The molecule has 0 fully saturated rings. The number of allylic oxidation sites excluding steroid dienone is 12. The zero-order valence-corrected chi connectivity index (χ0v) is 21.7. The Morgan fingerprint density at radius 3 is 1.88 bits per heavy atom. The third-order valence-electron chi connectivity index (χ3n) is 5.19. The van der Waals surface area contributed by atoms with E-state index in [9.17, 15) is 0 Å². The van der Waals surface area contributed by atoms with E-state index in [1.54, 1.807) is 0 Å². The van der Waals surface area contributed by atoms with E-state index < -0.39 is 0 Å². The predicted molar refractivity (Wildman–Crippen MR) is 146 cm³/mol. The lowest BCUT2D eigenvalue weighted by molar-refractivity contribution is -0.462. The van der Waals surface area contributed by atoms with Crippen LogP contribution in [0.1, 0.15) is 11.1 Å². The van der Waals surface area contributed by atoms with Crippen molar-refractivity contribution in [3.8, 4) is 0 Å². The first kappa shape index (κ1) is 23.2. The second kappa shape index (κ2) is 10.8. The smallest absolute Gasteiger partial charge is 0.199 e. The summed E-state index contributed by atoms with van der Waals surface area (Å²) in [6.45, 7) is 0. The fraction of sp³-hybridized carbons (Fsp3) is 0.0690. The molecular weight excluding hydrogens is 538 g/mol. The Morgan fingerprint density at radius 2 is 1.27 bits per heavy atom. The highest BCUT2D eigenvalue weighted by molar-refractivity contribution is 9.10. The molecule has 0 radical (unpaired) electrons. The van der Waals surface area contributed by atoms with Crippen molar-refractivity contribution in [2.75, 3.05) is 14.1 Å². The molecule has 164 valence electrons. The van der Waals surface area contributed by atoms with Gasteiger partial charge < -0.3 is 4.74 Å². The maximum absolute atomic E-state index is 6.23. The van der Waals surface area contributed by atoms with Crippen molar-refractivity contribution in [3.05, 3.63) is 141 Å². The molecule has 4 rings (SSSR count). The fourth-order valence-corrected chi connectivity index (χ4v) is 3.90. The summed E-state index contributed by atoms with van der Waals surface area (Å²) in [7, 11) is 4.09. The van der Waals surface area contributed by atoms with E-state index in [0.29, 0.717) is 0 Å². The van der Waals surface area contributed by atoms with E-state index in [0.717, 1.165) is 42.7 Å². The van der Waals surface area contributed by atoms with Crippen molar-refractivity contribution in [2.45, 2.75) is 0 Å². The Labute approximate surface area is 212 Å². The number of hydrogen-bond donors (Lipinski definition) is 0. The summed E-state index contributed by atoms with van der Waals surface area (Å²) in [5, 5.41) is 0. The van der Waals surface area contributed by atoms with Gasteiger partial charge in [-0.2, -0.15) is 0 Å². The summed E-state index contributed by atoms with van der Waals surface area (Å²) in [6.07, 6.45) is 20.7. The minimum atomic E-state index is 0.793. The second-order valence-corrected chi connectivity index (χ2v) is 9.66. The van der Waals surface area contributed by atoms with Gasteiger partial charge in [-0.3, -0.25) is 0 Å². The normalized spacial score (nSPS) is 16.7. The van der Waals surface area contributed by atoms with Crippen LogP contribution >= 0.6 is 31.9 Å². The number of rotatable bonds is 4. The fourth-order valence-electron chi connectivity index (χ4n) is 3.37. The van der Waals surface area contributed by atoms with E-state index in [-0.39, 0.29) is 0 Å². The molecule has 33 heavy (non-hydrogen) atoms. The van der Waals surface area contributed by atoms with Gasteiger partial charge in [-0.1, -0.05) is 74.4 Å². The second-order valence-electron chi connectivity index (χ2n) is 7.83. The number of benzene rings is 2. The average Bonchev–Trinajstić information content (AvgIpc) is 2.83. The minimum absolute atomic E-state index is 0.793. The first-order valence-corrected chi connectivity index (χ1v) is 12.2. The van der Waals surface area contributed by atoms with E-state index in [1.807, 2.05) is 44.5 Å². The highest BCUT2D eigenvalue weighted by Crippen LogP contribution is 2.32. The van der Waals surface area contributed by atoms with Crippen LogP contribution in [0.4, 0.5) is 0 Å². The zero-order chi connectivity index (χ0) is 23.2. The van der Waals surface area contributed by atoms with Crippen LogP contribution in [0.5, 0.6) is 0 Å². The molecule has 1 aliphatic heterocycles. The Kier molecular flexibility index (Phi) is 7.58. The molecule has 0 aromatic heterocycles. The molecule has 0 spiro atoms. The van der Waals surface area contributed by atoms with E-state index in [1.165, 1.54) is 5.71 Å². The number of ether oxygens (including phenoxy) is 1. The monoisotopic (exact) mass is 560 g/mol. The van der Waals surface area contributed by atoms with Gasteiger partial charge in [-0.15, -0.1) is 0 Å². The highest BCUT2D eigenvalue weighted by atomic mass is 79.9. The van der Waals surface area contributed by atoms with Crippen LogP contribution in [0, 0.1) is 0 Å². The third-order valence-corrected chi connectivity index (χ3v) is 6.25. The maximum atomic E-state index is 6.23. The van der Waals surface area contributed by atoms with Gasteiger partial charge in [0.05, 0.1) is 0 Å². The van der Waals surface area contributed by atoms with Crippen molar-refractivity contribution in [3.63, 3.8) is 0 Å². The largest absolute Gasteiger partial charge is 0.457 e. The molecule has 4 heteroatoms. The molecule has 2 aromatic rings. The summed E-state index contributed by atoms with van der Waals surface area (Å²) in [5.41, 5.74) is 5.62. The molecule has 0 atom stereocenters. The average molecular weight is 562 g/mol. The van der Waals surface area contributed by atoms with Crippen LogP contribution < -0.4 is 0 Å². The van der Waals surface area contributed by atoms with Crippen molar-refractivity contribution in [1.29, 1.82) is 0 Å². The molecule has 2 aliphatic rings. The number of halogens is 2. The Bertz CT molecular complexity index is 1260. The molecule has 0 unspecified atom stereocenters. The van der Waals surface area contributed by atoms with Crippen LogP contribution in [0.3, 0.4) is 0 Å². The molecule has 1 aliphatic carbocycles. The minimum Gasteiger partial charge on any atom is -0.457 e. The first-order chi connectivity index (χ1) is 16.0. The van der Waals surface area contributed by atoms with Crippen LogP contribution in [-0.4, -0.2) is 24.4 Å². The van der Waals surface area contributed by atoms with Crippen molar-refractivity contribution in [2.24, 2.45) is 0 Å². The van der Waals surface area contributed by atoms with Gasteiger partial charge in [0.25, 0.3) is 0 Å². The van der Waals surface area contributed by atoms with Crippen LogP contribution in [0.15, 0.2) is 130 Å². The SMILES string of the molecule is C[N+](C)=C1C=CC(=CC=CC=C2C=C(c3ccc(Br)cc3)C=C(c3ccc(Br)cc3)O2)C=C1. The summed E-state index contributed by atoms with van der Waals surface area (Å²) in [4.78, 5) is 0. The lowest BCUT2D eigenvalue weighted by Gasteiger charge is -2.18. The molecule has 0 N–H and O–H groups in total. The third kappa shape index (κ3) is 6.31. The predicted octanol–water partition coefficient (Wildman–Crippen LogP) is 7.87. The van der Waals surface area contributed by atoms with Crippen LogP contribution in [0.25, 0.3) is 11.3 Å². The zero-order valence-electron chi connectivity index (χ0n) is 18.5. The van der Waals surface area contributed by atoms with Crippen molar-refractivity contribution in [1.82, 2.24) is 0 Å².